The van der Waals surface area contributed by atoms with E-state index in [-0.39, 0.29) is 11.1 Å². The van der Waals surface area contributed by atoms with E-state index in [1.54, 1.807) is 0 Å². The highest BCUT2D eigenvalue weighted by atomic mass is 19.3. The lowest BCUT2D eigenvalue weighted by atomic mass is 10.0. The first-order valence-corrected chi connectivity index (χ1v) is 4.21. The molecule has 1 rings (SSSR count). The molecular weight excluding hydrogens is 206 g/mol. The molecule has 0 saturated heterocycles. The maximum atomic E-state index is 12.8. The van der Waals surface area contributed by atoms with E-state index < -0.39 is 18.0 Å². The summed E-state index contributed by atoms with van der Waals surface area (Å²) in [6.45, 7) is 0.746. The van der Waals surface area contributed by atoms with Gasteiger partial charge in [-0.2, -0.15) is 0 Å². The van der Waals surface area contributed by atoms with Crippen LogP contribution in [0.1, 0.15) is 24.2 Å². The largest absolute Gasteiger partial charge is 0.479 e. The summed E-state index contributed by atoms with van der Waals surface area (Å²) in [6.07, 6.45) is -1.68. The Hall–Kier alpha value is -1.49. The van der Waals surface area contributed by atoms with Crippen molar-refractivity contribution in [1.82, 2.24) is 0 Å². The van der Waals surface area contributed by atoms with Gasteiger partial charge in [0.15, 0.2) is 6.10 Å². The number of aliphatic hydroxyl groups excluding tert-OH is 1. The Bertz CT molecular complexity index is 354. The van der Waals surface area contributed by atoms with Gasteiger partial charge in [-0.05, 0) is 5.56 Å². The molecule has 0 aromatic heterocycles. The van der Waals surface area contributed by atoms with Crippen molar-refractivity contribution in [2.45, 2.75) is 19.0 Å². The van der Waals surface area contributed by atoms with Crippen LogP contribution in [-0.4, -0.2) is 16.2 Å². The molecule has 15 heavy (non-hydrogen) atoms. The Morgan fingerprint density at radius 3 is 2.13 bits per heavy atom. The molecule has 0 radical (unpaired) electrons. The molecular formula is C10H10F2O3. The molecule has 0 bridgehead atoms. The average Bonchev–Trinajstić information content (AvgIpc) is 2.15. The average molecular weight is 216 g/mol. The van der Waals surface area contributed by atoms with Crippen LogP contribution in [0.3, 0.4) is 0 Å². The fourth-order valence-electron chi connectivity index (χ4n) is 1.10. The van der Waals surface area contributed by atoms with Crippen LogP contribution in [0.15, 0.2) is 24.3 Å². The quantitative estimate of drug-likeness (QED) is 0.811. The van der Waals surface area contributed by atoms with Crippen LogP contribution in [0, 0.1) is 0 Å². The zero-order chi connectivity index (χ0) is 11.6. The molecule has 0 amide bonds. The molecule has 0 aliphatic heterocycles. The van der Waals surface area contributed by atoms with E-state index in [9.17, 15) is 13.6 Å². The standard InChI is InChI=1S/C10H10F2O3/c1-10(11,12)7-4-2-6(3-5-7)8(13)9(14)15/h2-5,8,13H,1H3,(H,14,15). The van der Waals surface area contributed by atoms with Gasteiger partial charge in [-0.15, -0.1) is 0 Å². The summed E-state index contributed by atoms with van der Waals surface area (Å²) in [5, 5.41) is 17.6. The molecule has 82 valence electrons. The third-order valence-electron chi connectivity index (χ3n) is 1.97. The lowest BCUT2D eigenvalue weighted by Gasteiger charge is -2.11. The third-order valence-corrected chi connectivity index (χ3v) is 1.97. The van der Waals surface area contributed by atoms with Crippen LogP contribution in [0.25, 0.3) is 0 Å². The predicted octanol–water partition coefficient (Wildman–Crippen LogP) is 1.92. The Kier molecular flexibility index (Phi) is 3.04. The maximum Gasteiger partial charge on any atom is 0.337 e. The first kappa shape index (κ1) is 11.6. The number of carboxylic acids is 1. The minimum atomic E-state index is -2.97. The smallest absolute Gasteiger partial charge is 0.337 e. The highest BCUT2D eigenvalue weighted by Gasteiger charge is 2.24. The van der Waals surface area contributed by atoms with Crippen molar-refractivity contribution in [3.05, 3.63) is 35.4 Å². The molecule has 0 fully saturated rings. The SMILES string of the molecule is CC(F)(F)c1ccc(C(O)C(=O)O)cc1. The maximum absolute atomic E-state index is 12.8. The van der Waals surface area contributed by atoms with Crippen LogP contribution in [0.5, 0.6) is 0 Å². The Labute approximate surface area is 85.0 Å². The van der Waals surface area contributed by atoms with Gasteiger partial charge in [0.25, 0.3) is 5.92 Å². The monoisotopic (exact) mass is 216 g/mol. The number of halogens is 2. The van der Waals surface area contributed by atoms with Crippen molar-refractivity contribution in [2.24, 2.45) is 0 Å². The number of alkyl halides is 2. The highest BCUT2D eigenvalue weighted by Crippen LogP contribution is 2.27. The summed E-state index contributed by atoms with van der Waals surface area (Å²) in [6, 6.07) is 4.54. The molecule has 1 atom stereocenters. The Morgan fingerprint density at radius 1 is 1.33 bits per heavy atom. The van der Waals surface area contributed by atoms with Gasteiger partial charge in [-0.3, -0.25) is 0 Å². The lowest BCUT2D eigenvalue weighted by molar-refractivity contribution is -0.146. The second-order valence-electron chi connectivity index (χ2n) is 3.25. The van der Waals surface area contributed by atoms with Gasteiger partial charge in [0.2, 0.25) is 0 Å². The summed E-state index contributed by atoms with van der Waals surface area (Å²) in [4.78, 5) is 10.4. The van der Waals surface area contributed by atoms with Gasteiger partial charge in [0, 0.05) is 12.5 Å². The highest BCUT2D eigenvalue weighted by molar-refractivity contribution is 5.73. The van der Waals surface area contributed by atoms with E-state index >= 15 is 0 Å². The van der Waals surface area contributed by atoms with E-state index in [2.05, 4.69) is 0 Å². The number of carboxylic acid groups (broad SMARTS) is 1. The summed E-state index contributed by atoms with van der Waals surface area (Å²) in [7, 11) is 0. The van der Waals surface area contributed by atoms with Crippen molar-refractivity contribution in [1.29, 1.82) is 0 Å². The Balaban J connectivity index is 2.95. The number of benzene rings is 1. The van der Waals surface area contributed by atoms with Crippen molar-refractivity contribution < 1.29 is 23.8 Å². The normalized spacial score (nSPS) is 13.6. The molecule has 0 spiro atoms. The first-order valence-electron chi connectivity index (χ1n) is 4.21. The Morgan fingerprint density at radius 2 is 1.80 bits per heavy atom. The fourth-order valence-corrected chi connectivity index (χ4v) is 1.10. The molecule has 0 aliphatic rings. The number of hydrogen-bond donors (Lipinski definition) is 2. The number of aliphatic carboxylic acids is 1. The first-order chi connectivity index (χ1) is 6.82. The van der Waals surface area contributed by atoms with Crippen molar-refractivity contribution >= 4 is 5.97 Å². The van der Waals surface area contributed by atoms with E-state index in [0.717, 1.165) is 19.1 Å². The van der Waals surface area contributed by atoms with Crippen LogP contribution < -0.4 is 0 Å². The molecule has 3 nitrogen and oxygen atoms in total. The van der Waals surface area contributed by atoms with Crippen LogP contribution in [0.2, 0.25) is 0 Å². The molecule has 0 aliphatic carbocycles. The number of carbonyl (C=O) groups is 1. The van der Waals surface area contributed by atoms with Crippen molar-refractivity contribution in [2.75, 3.05) is 0 Å². The van der Waals surface area contributed by atoms with Gasteiger partial charge in [0.1, 0.15) is 0 Å². The molecule has 5 heteroatoms. The number of hydrogen-bond acceptors (Lipinski definition) is 2. The summed E-state index contributed by atoms with van der Waals surface area (Å²) in [5.74, 6) is -4.38. The van der Waals surface area contributed by atoms with Crippen LogP contribution in [0.4, 0.5) is 8.78 Å². The van der Waals surface area contributed by atoms with Crippen LogP contribution >= 0.6 is 0 Å². The van der Waals surface area contributed by atoms with Gasteiger partial charge >= 0.3 is 5.97 Å². The van der Waals surface area contributed by atoms with Gasteiger partial charge < -0.3 is 10.2 Å². The molecule has 2 N–H and O–H groups in total. The predicted molar refractivity (Wildman–Crippen MR) is 48.6 cm³/mol. The molecule has 1 aromatic rings. The second kappa shape index (κ2) is 3.94. The zero-order valence-electron chi connectivity index (χ0n) is 7.95. The summed E-state index contributed by atoms with van der Waals surface area (Å²) < 4.78 is 25.5. The number of rotatable bonds is 3. The van der Waals surface area contributed by atoms with Crippen molar-refractivity contribution in [3.63, 3.8) is 0 Å². The third kappa shape index (κ3) is 2.73. The van der Waals surface area contributed by atoms with E-state index in [0.29, 0.717) is 0 Å². The molecule has 1 unspecified atom stereocenters. The number of aliphatic hydroxyl groups is 1. The van der Waals surface area contributed by atoms with Gasteiger partial charge in [-0.1, -0.05) is 24.3 Å². The molecule has 1 aromatic carbocycles. The van der Waals surface area contributed by atoms with E-state index in [1.165, 1.54) is 12.1 Å². The van der Waals surface area contributed by atoms with Crippen molar-refractivity contribution in [3.8, 4) is 0 Å². The second-order valence-corrected chi connectivity index (χ2v) is 3.25. The van der Waals surface area contributed by atoms with Crippen LogP contribution in [-0.2, 0) is 10.7 Å². The van der Waals surface area contributed by atoms with E-state index in [1.807, 2.05) is 0 Å². The van der Waals surface area contributed by atoms with E-state index in [4.69, 9.17) is 10.2 Å². The fraction of sp³-hybridized carbons (Fsp3) is 0.300. The summed E-state index contributed by atoms with van der Waals surface area (Å²) >= 11 is 0. The minimum absolute atomic E-state index is 0.0792. The lowest BCUT2D eigenvalue weighted by Crippen LogP contribution is -2.11. The molecule has 0 saturated carbocycles. The topological polar surface area (TPSA) is 57.5 Å². The zero-order valence-corrected chi connectivity index (χ0v) is 7.95. The van der Waals surface area contributed by atoms with Gasteiger partial charge in [0.05, 0.1) is 0 Å². The minimum Gasteiger partial charge on any atom is -0.479 e. The molecule has 0 heterocycles. The summed E-state index contributed by atoms with van der Waals surface area (Å²) in [5.41, 5.74) is -0.140. The van der Waals surface area contributed by atoms with Gasteiger partial charge in [-0.25, -0.2) is 13.6 Å².